The van der Waals surface area contributed by atoms with Crippen molar-refractivity contribution in [3.8, 4) is 28.7 Å². The number of nitriles is 1. The molecule has 3 heterocycles. The van der Waals surface area contributed by atoms with Crippen LogP contribution in [0, 0.1) is 30.0 Å². The Morgan fingerprint density at radius 3 is 2.70 bits per heavy atom. The summed E-state index contributed by atoms with van der Waals surface area (Å²) in [5.41, 5.74) is 8.87. The molecule has 8 nitrogen and oxygen atoms in total. The molecule has 1 saturated heterocycles. The average molecular weight is 537 g/mol. The van der Waals surface area contributed by atoms with E-state index in [1.54, 1.807) is 29.2 Å². The number of nitrogens with two attached hydrogens (primary N) is 1. The predicted molar refractivity (Wildman–Crippen MR) is 150 cm³/mol. The molecule has 1 aliphatic carbocycles. The van der Waals surface area contributed by atoms with Crippen LogP contribution in [-0.2, 0) is 11.3 Å². The standard InChI is InChI=1S/C31H29FN6O2/c1-19-27(25-12-11-24(15-26(25)32)40-23-7-3-2-4-8-23)28-29(34)35-18-36-30(28)38(19)17-22-6-5-13-37(22)31(39)21(16-33)14-20-9-10-20/h2-4,7-8,11-12,14-15,18,20,22H,5-6,9-10,13,17H2,1H3,(H2,34,35,36). The zero-order valence-electron chi connectivity index (χ0n) is 22.2. The number of ether oxygens (including phenoxy) is 1. The second-order valence-electron chi connectivity index (χ2n) is 10.4. The zero-order chi connectivity index (χ0) is 27.8. The Hall–Kier alpha value is -4.71. The molecule has 0 radical (unpaired) electrons. The number of fused-ring (bicyclic) bond motifs is 1. The molecular weight excluding hydrogens is 507 g/mol. The second kappa shape index (κ2) is 10.5. The molecule has 2 fully saturated rings. The number of aromatic nitrogens is 3. The van der Waals surface area contributed by atoms with E-state index in [9.17, 15) is 10.1 Å². The van der Waals surface area contributed by atoms with E-state index in [2.05, 4.69) is 16.0 Å². The summed E-state index contributed by atoms with van der Waals surface area (Å²) in [7, 11) is 0. The monoisotopic (exact) mass is 536 g/mol. The highest BCUT2D eigenvalue weighted by Gasteiger charge is 2.33. The molecule has 2 aromatic heterocycles. The molecule has 40 heavy (non-hydrogen) atoms. The quantitative estimate of drug-likeness (QED) is 0.237. The Morgan fingerprint density at radius 1 is 1.18 bits per heavy atom. The fourth-order valence-electron chi connectivity index (χ4n) is 5.56. The molecule has 1 saturated carbocycles. The molecule has 2 N–H and O–H groups in total. The molecule has 2 aliphatic rings. The third kappa shape index (κ3) is 4.77. The number of allylic oxidation sites excluding steroid dienone is 1. The van der Waals surface area contributed by atoms with Crippen molar-refractivity contribution in [3.63, 3.8) is 0 Å². The highest BCUT2D eigenvalue weighted by molar-refractivity contribution is 6.02. The molecule has 202 valence electrons. The van der Waals surface area contributed by atoms with Crippen molar-refractivity contribution in [3.05, 3.63) is 78.0 Å². The van der Waals surface area contributed by atoms with Gasteiger partial charge >= 0.3 is 0 Å². The van der Waals surface area contributed by atoms with Gasteiger partial charge in [-0.15, -0.1) is 0 Å². The first kappa shape index (κ1) is 25.6. The number of carbonyl (C=O) groups is 1. The maximum absolute atomic E-state index is 15.6. The van der Waals surface area contributed by atoms with Crippen LogP contribution in [0.3, 0.4) is 0 Å². The summed E-state index contributed by atoms with van der Waals surface area (Å²) in [6, 6.07) is 15.9. The van der Waals surface area contributed by atoms with Gasteiger partial charge in [0.25, 0.3) is 5.91 Å². The second-order valence-corrected chi connectivity index (χ2v) is 10.4. The molecule has 1 unspecified atom stereocenters. The van der Waals surface area contributed by atoms with Crippen LogP contribution in [0.15, 0.2) is 66.5 Å². The number of amides is 1. The molecule has 2 aromatic carbocycles. The number of hydrogen-bond acceptors (Lipinski definition) is 6. The third-order valence-corrected chi connectivity index (χ3v) is 7.72. The van der Waals surface area contributed by atoms with Crippen molar-refractivity contribution in [2.75, 3.05) is 12.3 Å². The van der Waals surface area contributed by atoms with E-state index < -0.39 is 5.82 Å². The van der Waals surface area contributed by atoms with Gasteiger partial charge in [0.2, 0.25) is 0 Å². The summed E-state index contributed by atoms with van der Waals surface area (Å²) in [5, 5.41) is 10.2. The summed E-state index contributed by atoms with van der Waals surface area (Å²) in [6.45, 7) is 2.94. The molecule has 1 amide bonds. The molecule has 1 aliphatic heterocycles. The summed E-state index contributed by atoms with van der Waals surface area (Å²) < 4.78 is 23.4. The van der Waals surface area contributed by atoms with Crippen molar-refractivity contribution in [2.24, 2.45) is 5.92 Å². The van der Waals surface area contributed by atoms with Crippen LogP contribution in [0.5, 0.6) is 11.5 Å². The van der Waals surface area contributed by atoms with E-state index in [-0.39, 0.29) is 23.3 Å². The molecule has 1 atom stereocenters. The summed E-state index contributed by atoms with van der Waals surface area (Å²) in [5.74, 6) is 0.898. The van der Waals surface area contributed by atoms with E-state index in [4.69, 9.17) is 10.5 Å². The maximum atomic E-state index is 15.6. The number of nitrogen functional groups attached to an aromatic ring is 1. The SMILES string of the molecule is Cc1c(-c2ccc(Oc3ccccc3)cc2F)c2c(N)ncnc2n1CC1CCCN1C(=O)C(C#N)=CC1CC1. The molecular formula is C31H29FN6O2. The topological polar surface area (TPSA) is 110 Å². The summed E-state index contributed by atoms with van der Waals surface area (Å²) >= 11 is 0. The minimum absolute atomic E-state index is 0.131. The van der Waals surface area contributed by atoms with Crippen LogP contribution in [-0.4, -0.2) is 37.9 Å². The zero-order valence-corrected chi connectivity index (χ0v) is 22.2. The van der Waals surface area contributed by atoms with E-state index >= 15 is 4.39 Å². The number of para-hydroxylation sites is 1. The Labute approximate surface area is 231 Å². The third-order valence-electron chi connectivity index (χ3n) is 7.72. The normalized spacial score (nSPS) is 17.3. The van der Waals surface area contributed by atoms with Crippen LogP contribution in [0.4, 0.5) is 10.2 Å². The van der Waals surface area contributed by atoms with Gasteiger partial charge in [-0.3, -0.25) is 4.79 Å². The molecule has 9 heteroatoms. The average Bonchev–Trinajstić information content (AvgIpc) is 3.58. The first-order valence-corrected chi connectivity index (χ1v) is 13.5. The van der Waals surface area contributed by atoms with Crippen LogP contribution < -0.4 is 10.5 Å². The lowest BCUT2D eigenvalue weighted by Gasteiger charge is -2.26. The van der Waals surface area contributed by atoms with Crippen molar-refractivity contribution >= 4 is 22.8 Å². The fourth-order valence-corrected chi connectivity index (χ4v) is 5.56. The molecule has 0 spiro atoms. The van der Waals surface area contributed by atoms with Gasteiger partial charge in [0.1, 0.15) is 46.8 Å². The smallest absolute Gasteiger partial charge is 0.264 e. The fraction of sp³-hybridized carbons (Fsp3) is 0.290. The number of carbonyl (C=O) groups excluding carboxylic acids is 1. The van der Waals surface area contributed by atoms with E-state index in [1.165, 1.54) is 12.4 Å². The Kier molecular flexibility index (Phi) is 6.68. The van der Waals surface area contributed by atoms with Crippen LogP contribution in [0.2, 0.25) is 0 Å². The largest absolute Gasteiger partial charge is 0.457 e. The van der Waals surface area contributed by atoms with E-state index in [1.807, 2.05) is 35.8 Å². The number of hydrogen-bond donors (Lipinski definition) is 1. The number of likely N-dealkylation sites (tertiary alicyclic amines) is 1. The predicted octanol–water partition coefficient (Wildman–Crippen LogP) is 5.77. The number of rotatable bonds is 7. The van der Waals surface area contributed by atoms with Crippen LogP contribution in [0.25, 0.3) is 22.2 Å². The van der Waals surface area contributed by atoms with Crippen LogP contribution in [0.1, 0.15) is 31.4 Å². The van der Waals surface area contributed by atoms with Crippen LogP contribution >= 0.6 is 0 Å². The van der Waals surface area contributed by atoms with Gasteiger partial charge in [0, 0.05) is 36.0 Å². The number of nitrogens with zero attached hydrogens (tertiary/aromatic N) is 5. The molecule has 4 aromatic rings. The number of benzene rings is 2. The minimum Gasteiger partial charge on any atom is -0.457 e. The first-order chi connectivity index (χ1) is 19.4. The highest BCUT2D eigenvalue weighted by Crippen LogP contribution is 2.40. The highest BCUT2D eigenvalue weighted by atomic mass is 19.1. The van der Waals surface area contributed by atoms with Gasteiger partial charge < -0.3 is 19.9 Å². The van der Waals surface area contributed by atoms with Crippen molar-refractivity contribution in [1.82, 2.24) is 19.4 Å². The summed E-state index contributed by atoms with van der Waals surface area (Å²) in [6.07, 6.45) is 6.90. The number of halogens is 1. The van der Waals surface area contributed by atoms with Gasteiger partial charge in [-0.25, -0.2) is 14.4 Å². The van der Waals surface area contributed by atoms with Crippen molar-refractivity contribution in [2.45, 2.75) is 45.2 Å². The van der Waals surface area contributed by atoms with E-state index in [0.29, 0.717) is 52.7 Å². The molecule has 6 rings (SSSR count). The number of anilines is 1. The Bertz CT molecular complexity index is 1670. The molecule has 0 bridgehead atoms. The van der Waals surface area contributed by atoms with Gasteiger partial charge in [0.15, 0.2) is 0 Å². The lowest BCUT2D eigenvalue weighted by Crippen LogP contribution is -2.39. The van der Waals surface area contributed by atoms with Crippen molar-refractivity contribution in [1.29, 1.82) is 5.26 Å². The minimum atomic E-state index is -0.458. The maximum Gasteiger partial charge on any atom is 0.264 e. The van der Waals surface area contributed by atoms with E-state index in [0.717, 1.165) is 31.4 Å². The summed E-state index contributed by atoms with van der Waals surface area (Å²) in [4.78, 5) is 23.8. The lowest BCUT2D eigenvalue weighted by atomic mass is 10.0. The Morgan fingerprint density at radius 2 is 1.98 bits per heavy atom. The van der Waals surface area contributed by atoms with Gasteiger partial charge in [-0.1, -0.05) is 24.3 Å². The van der Waals surface area contributed by atoms with Gasteiger partial charge in [-0.05, 0) is 62.8 Å². The lowest BCUT2D eigenvalue weighted by molar-refractivity contribution is -0.127. The Balaban J connectivity index is 1.35. The van der Waals surface area contributed by atoms with Crippen molar-refractivity contribution < 1.29 is 13.9 Å². The first-order valence-electron chi connectivity index (χ1n) is 13.5. The van der Waals surface area contributed by atoms with Gasteiger partial charge in [-0.2, -0.15) is 5.26 Å². The van der Waals surface area contributed by atoms with Gasteiger partial charge in [0.05, 0.1) is 11.4 Å².